The third kappa shape index (κ3) is 6.39. The molecule has 0 aliphatic carbocycles. The van der Waals surface area contributed by atoms with Gasteiger partial charge in [-0.2, -0.15) is 0 Å². The molecule has 2 aromatic rings. The topological polar surface area (TPSA) is 90.5 Å². The highest BCUT2D eigenvalue weighted by Gasteiger charge is 2.21. The Morgan fingerprint density at radius 3 is 2.04 bits per heavy atom. The lowest BCUT2D eigenvalue weighted by atomic mass is 10.1. The summed E-state index contributed by atoms with van der Waals surface area (Å²) in [6.45, 7) is 1.92. The third-order valence-corrected chi connectivity index (χ3v) is 4.25. The zero-order valence-electron chi connectivity index (χ0n) is 14.2. The Balaban J connectivity index is 1.98. The highest BCUT2D eigenvalue weighted by molar-refractivity contribution is 7.80. The summed E-state index contributed by atoms with van der Waals surface area (Å²) < 4.78 is 0. The van der Waals surface area contributed by atoms with Crippen LogP contribution in [0.5, 0.6) is 0 Å². The quantitative estimate of drug-likeness (QED) is 0.321. The van der Waals surface area contributed by atoms with Crippen molar-refractivity contribution in [2.75, 3.05) is 5.32 Å². The van der Waals surface area contributed by atoms with Crippen molar-refractivity contribution in [1.29, 1.82) is 0 Å². The Hall–Kier alpha value is -2.35. The summed E-state index contributed by atoms with van der Waals surface area (Å²) in [5, 5.41) is 17.4. The molecule has 1 amide bonds. The molecule has 0 fully saturated rings. The van der Waals surface area contributed by atoms with Gasteiger partial charge in [0.15, 0.2) is 5.11 Å². The predicted octanol–water partition coefficient (Wildman–Crippen LogP) is 3.54. The van der Waals surface area contributed by atoms with Gasteiger partial charge < -0.3 is 21.1 Å². The summed E-state index contributed by atoms with van der Waals surface area (Å²) in [7, 11) is 0. The van der Waals surface area contributed by atoms with Crippen LogP contribution in [0.1, 0.15) is 26.3 Å². The second-order valence-electron chi connectivity index (χ2n) is 5.63. The van der Waals surface area contributed by atoms with Gasteiger partial charge >= 0.3 is 5.97 Å². The molecule has 6 nitrogen and oxygen atoms in total. The lowest BCUT2D eigenvalue weighted by Crippen LogP contribution is -2.52. The van der Waals surface area contributed by atoms with Crippen molar-refractivity contribution >= 4 is 58.1 Å². The Morgan fingerprint density at radius 1 is 0.963 bits per heavy atom. The number of carboxylic acid groups (broad SMARTS) is 1. The number of carbonyl (C=O) groups excluding carboxylic acids is 1. The molecule has 0 saturated carbocycles. The van der Waals surface area contributed by atoms with Gasteiger partial charge in [0, 0.05) is 11.3 Å². The SMILES string of the molecule is Cc1ccc(C(=O)N[C@@H](NC(=S)Nc2ccc(C(=O)O)cc2)C(Cl)Cl)cc1. The van der Waals surface area contributed by atoms with E-state index in [4.69, 9.17) is 40.5 Å². The fourth-order valence-corrected chi connectivity index (χ4v) is 2.59. The number of carboxylic acids is 1. The van der Waals surface area contributed by atoms with E-state index in [2.05, 4.69) is 16.0 Å². The summed E-state index contributed by atoms with van der Waals surface area (Å²) in [6.07, 6.45) is -0.833. The molecule has 27 heavy (non-hydrogen) atoms. The van der Waals surface area contributed by atoms with Crippen LogP contribution in [0.3, 0.4) is 0 Å². The number of alkyl halides is 2. The van der Waals surface area contributed by atoms with Crippen LogP contribution in [0.25, 0.3) is 0 Å². The zero-order chi connectivity index (χ0) is 20.0. The first-order valence-corrected chi connectivity index (χ1v) is 9.11. The number of amides is 1. The lowest BCUT2D eigenvalue weighted by Gasteiger charge is -2.23. The molecule has 0 saturated heterocycles. The Morgan fingerprint density at radius 2 is 1.52 bits per heavy atom. The minimum Gasteiger partial charge on any atom is -0.478 e. The maximum Gasteiger partial charge on any atom is 0.335 e. The molecule has 2 rings (SSSR count). The van der Waals surface area contributed by atoms with Crippen LogP contribution in [0, 0.1) is 6.92 Å². The second-order valence-corrected chi connectivity index (χ2v) is 7.20. The van der Waals surface area contributed by atoms with Crippen molar-refractivity contribution in [2.45, 2.75) is 17.9 Å². The van der Waals surface area contributed by atoms with Gasteiger partial charge in [0.1, 0.15) is 11.0 Å². The van der Waals surface area contributed by atoms with Crippen molar-refractivity contribution in [3.8, 4) is 0 Å². The number of rotatable bonds is 6. The van der Waals surface area contributed by atoms with E-state index < -0.39 is 17.0 Å². The molecule has 0 unspecified atom stereocenters. The van der Waals surface area contributed by atoms with E-state index in [1.54, 1.807) is 24.3 Å². The van der Waals surface area contributed by atoms with Crippen molar-refractivity contribution in [3.05, 3.63) is 65.2 Å². The number of aryl methyl sites for hydroxylation is 1. The summed E-state index contributed by atoms with van der Waals surface area (Å²) in [5.41, 5.74) is 2.23. The molecule has 0 radical (unpaired) electrons. The number of hydrogen-bond donors (Lipinski definition) is 4. The van der Waals surface area contributed by atoms with Gasteiger partial charge in [0.05, 0.1) is 5.56 Å². The molecule has 4 N–H and O–H groups in total. The maximum atomic E-state index is 12.3. The molecule has 2 aromatic carbocycles. The van der Waals surface area contributed by atoms with E-state index in [9.17, 15) is 9.59 Å². The van der Waals surface area contributed by atoms with E-state index in [1.807, 2.05) is 19.1 Å². The Labute approximate surface area is 171 Å². The molecule has 0 aliphatic rings. The largest absolute Gasteiger partial charge is 0.478 e. The molecule has 1 atom stereocenters. The summed E-state index contributed by atoms with van der Waals surface area (Å²) in [4.78, 5) is 22.2. The van der Waals surface area contributed by atoms with Gasteiger partial charge in [-0.25, -0.2) is 4.79 Å². The first kappa shape index (κ1) is 21.0. The number of hydrogen-bond acceptors (Lipinski definition) is 3. The Bertz CT molecular complexity index is 827. The summed E-state index contributed by atoms with van der Waals surface area (Å²) in [5.74, 6) is -1.37. The standard InChI is InChI=1S/C18H17Cl2N3O3S/c1-10-2-4-11(5-3-10)16(24)22-15(14(19)20)23-18(27)21-13-8-6-12(7-9-13)17(25)26/h2-9,14-15H,1H3,(H,22,24)(H,25,26)(H2,21,23,27)/t15-/m0/s1. The van der Waals surface area contributed by atoms with E-state index in [1.165, 1.54) is 12.1 Å². The fourth-order valence-electron chi connectivity index (χ4n) is 2.10. The molecule has 0 heterocycles. The van der Waals surface area contributed by atoms with Crippen molar-refractivity contribution in [1.82, 2.24) is 10.6 Å². The van der Waals surface area contributed by atoms with Crippen LogP contribution in [-0.2, 0) is 0 Å². The zero-order valence-corrected chi connectivity index (χ0v) is 16.5. The number of aromatic carboxylic acids is 1. The van der Waals surface area contributed by atoms with Crippen LogP contribution in [0.15, 0.2) is 48.5 Å². The molecule has 142 valence electrons. The van der Waals surface area contributed by atoms with Crippen LogP contribution in [-0.4, -0.2) is 33.1 Å². The lowest BCUT2D eigenvalue weighted by molar-refractivity contribution is 0.0696. The predicted molar refractivity (Wildman–Crippen MR) is 111 cm³/mol. The average molecular weight is 426 g/mol. The minimum absolute atomic E-state index is 0.157. The number of benzene rings is 2. The molecule has 0 spiro atoms. The van der Waals surface area contributed by atoms with Gasteiger partial charge in [-0.3, -0.25) is 4.79 Å². The normalized spacial score (nSPS) is 11.6. The number of carbonyl (C=O) groups is 2. The molecule has 0 aromatic heterocycles. The van der Waals surface area contributed by atoms with Crippen molar-refractivity contribution in [2.24, 2.45) is 0 Å². The van der Waals surface area contributed by atoms with E-state index in [-0.39, 0.29) is 16.6 Å². The smallest absolute Gasteiger partial charge is 0.335 e. The van der Waals surface area contributed by atoms with E-state index in [0.29, 0.717) is 11.3 Å². The average Bonchev–Trinajstić information content (AvgIpc) is 2.62. The first-order chi connectivity index (χ1) is 12.8. The highest BCUT2D eigenvalue weighted by atomic mass is 35.5. The van der Waals surface area contributed by atoms with Crippen molar-refractivity contribution in [3.63, 3.8) is 0 Å². The summed E-state index contributed by atoms with van der Waals surface area (Å²) in [6, 6.07) is 13.0. The third-order valence-electron chi connectivity index (χ3n) is 3.53. The number of anilines is 1. The fraction of sp³-hybridized carbons (Fsp3) is 0.167. The van der Waals surface area contributed by atoms with Gasteiger partial charge in [0.25, 0.3) is 5.91 Å². The van der Waals surface area contributed by atoms with Crippen LogP contribution in [0.2, 0.25) is 0 Å². The van der Waals surface area contributed by atoms with Crippen LogP contribution >= 0.6 is 35.4 Å². The highest BCUT2D eigenvalue weighted by Crippen LogP contribution is 2.11. The molecule has 0 aliphatic heterocycles. The first-order valence-electron chi connectivity index (χ1n) is 7.83. The van der Waals surface area contributed by atoms with Gasteiger partial charge in [-0.15, -0.1) is 23.2 Å². The van der Waals surface area contributed by atoms with Crippen LogP contribution in [0.4, 0.5) is 5.69 Å². The molecular weight excluding hydrogens is 409 g/mol. The van der Waals surface area contributed by atoms with E-state index in [0.717, 1.165) is 5.56 Å². The van der Waals surface area contributed by atoms with E-state index >= 15 is 0 Å². The minimum atomic E-state index is -1.02. The number of nitrogens with one attached hydrogen (secondary N) is 3. The van der Waals surface area contributed by atoms with Crippen LogP contribution < -0.4 is 16.0 Å². The van der Waals surface area contributed by atoms with Crippen molar-refractivity contribution < 1.29 is 14.7 Å². The molecule has 0 bridgehead atoms. The van der Waals surface area contributed by atoms with Gasteiger partial charge in [0.2, 0.25) is 0 Å². The number of halogens is 2. The second kappa shape index (κ2) is 9.55. The maximum absolute atomic E-state index is 12.3. The molecule has 9 heteroatoms. The van der Waals surface area contributed by atoms with Gasteiger partial charge in [-0.1, -0.05) is 17.7 Å². The Kier molecular flexibility index (Phi) is 7.41. The molecular formula is C18H17Cl2N3O3S. The number of thiocarbonyl (C=S) groups is 1. The summed E-state index contributed by atoms with van der Waals surface area (Å²) >= 11 is 17.1. The monoisotopic (exact) mass is 425 g/mol. The van der Waals surface area contributed by atoms with Gasteiger partial charge in [-0.05, 0) is 55.5 Å².